The van der Waals surface area contributed by atoms with Gasteiger partial charge in [-0.15, -0.1) is 0 Å². The average Bonchev–Trinajstić information content (AvgIpc) is 3.21. The Morgan fingerprint density at radius 2 is 1.88 bits per heavy atom. The van der Waals surface area contributed by atoms with Crippen LogP contribution in [0, 0.1) is 0 Å². The molecule has 1 unspecified atom stereocenters. The summed E-state index contributed by atoms with van der Waals surface area (Å²) in [7, 11) is -3.81. The summed E-state index contributed by atoms with van der Waals surface area (Å²) in [5.74, 6) is 0.449. The molecule has 2 aromatic carbocycles. The van der Waals surface area contributed by atoms with E-state index in [4.69, 9.17) is 22.3 Å². The lowest BCUT2D eigenvalue weighted by molar-refractivity contribution is 0.302. The Kier molecular flexibility index (Phi) is 5.83. The molecule has 0 bridgehead atoms. The molecule has 1 aliphatic rings. The second-order valence-electron chi connectivity index (χ2n) is 9.16. The molecule has 2 heterocycles. The van der Waals surface area contributed by atoms with Crippen molar-refractivity contribution in [2.24, 2.45) is 5.73 Å². The van der Waals surface area contributed by atoms with Crippen molar-refractivity contribution in [1.82, 2.24) is 13.9 Å². The zero-order chi connectivity index (χ0) is 23.9. The zero-order valence-electron chi connectivity index (χ0n) is 18.8. The van der Waals surface area contributed by atoms with Gasteiger partial charge < -0.3 is 11.1 Å². The first-order chi connectivity index (χ1) is 16.2. The number of fused-ring (bicyclic) bond motifs is 1. The van der Waals surface area contributed by atoms with Crippen molar-refractivity contribution in [2.75, 3.05) is 5.32 Å². The number of anilines is 1. The fourth-order valence-corrected chi connectivity index (χ4v) is 6.28. The number of aromatic nitrogens is 3. The van der Waals surface area contributed by atoms with Gasteiger partial charge in [-0.3, -0.25) is 0 Å². The average molecular weight is 496 g/mol. The Balaban J connectivity index is 1.58. The van der Waals surface area contributed by atoms with Gasteiger partial charge in [0.1, 0.15) is 0 Å². The number of nitrogens with two attached hydrogens (primary N) is 1. The quantitative estimate of drug-likeness (QED) is 0.401. The van der Waals surface area contributed by atoms with Crippen LogP contribution in [0.4, 0.5) is 5.95 Å². The van der Waals surface area contributed by atoms with Crippen LogP contribution in [-0.2, 0) is 10.0 Å². The van der Waals surface area contributed by atoms with Gasteiger partial charge in [0.05, 0.1) is 27.3 Å². The lowest BCUT2D eigenvalue weighted by Crippen LogP contribution is -2.45. The smallest absolute Gasteiger partial charge is 0.268 e. The number of benzene rings is 2. The number of hydrogen-bond acceptors (Lipinski definition) is 6. The SMILES string of the molecule is C[C@@]1(N)CCCC(Nc2ncc(Cl)c(-c3cn(S(=O)(=O)c4ccccc4)c4ccccc34)n2)C1. The van der Waals surface area contributed by atoms with Crippen molar-refractivity contribution < 1.29 is 8.42 Å². The molecule has 0 amide bonds. The van der Waals surface area contributed by atoms with Gasteiger partial charge >= 0.3 is 0 Å². The van der Waals surface area contributed by atoms with Crippen LogP contribution in [0.3, 0.4) is 0 Å². The van der Waals surface area contributed by atoms with E-state index < -0.39 is 10.0 Å². The Bertz CT molecular complexity index is 1450. The minimum Gasteiger partial charge on any atom is -0.351 e. The Labute approximate surface area is 204 Å². The third-order valence-electron chi connectivity index (χ3n) is 6.32. The van der Waals surface area contributed by atoms with E-state index >= 15 is 0 Å². The summed E-state index contributed by atoms with van der Waals surface area (Å²) in [6, 6.07) is 15.8. The second kappa shape index (κ2) is 8.69. The fraction of sp³-hybridized carbons (Fsp3) is 0.280. The van der Waals surface area contributed by atoms with Crippen molar-refractivity contribution in [3.8, 4) is 11.3 Å². The predicted octanol–water partition coefficient (Wildman–Crippen LogP) is 5.06. The number of halogens is 1. The van der Waals surface area contributed by atoms with Gasteiger partial charge in [0.25, 0.3) is 10.0 Å². The van der Waals surface area contributed by atoms with Crippen LogP contribution < -0.4 is 11.1 Å². The Morgan fingerprint density at radius 3 is 2.65 bits per heavy atom. The standard InChI is InChI=1S/C25H26ClN5O2S/c1-25(27)13-7-8-17(14-25)29-24-28-15-21(26)23(30-24)20-16-31(22-12-6-5-11-19(20)22)34(32,33)18-9-3-2-4-10-18/h2-6,9-12,15-17H,7-8,13-14,27H2,1H3,(H,28,29,30)/t17?,25-/m1/s1. The molecule has 0 radical (unpaired) electrons. The maximum atomic E-state index is 13.4. The molecule has 2 aromatic heterocycles. The summed E-state index contributed by atoms with van der Waals surface area (Å²) in [4.78, 5) is 9.28. The number of nitrogens with one attached hydrogen (secondary N) is 1. The van der Waals surface area contributed by atoms with Gasteiger partial charge in [-0.2, -0.15) is 0 Å². The largest absolute Gasteiger partial charge is 0.351 e. The summed E-state index contributed by atoms with van der Waals surface area (Å²) in [6.45, 7) is 2.07. The van der Waals surface area contributed by atoms with E-state index in [9.17, 15) is 8.42 Å². The van der Waals surface area contributed by atoms with E-state index in [1.165, 1.54) is 3.97 Å². The number of hydrogen-bond donors (Lipinski definition) is 2. The Hall–Kier alpha value is -2.94. The molecule has 5 rings (SSSR count). The highest BCUT2D eigenvalue weighted by atomic mass is 35.5. The van der Waals surface area contributed by atoms with Crippen LogP contribution in [0.2, 0.25) is 5.02 Å². The normalized spacial score (nSPS) is 21.0. The van der Waals surface area contributed by atoms with E-state index in [1.807, 2.05) is 18.2 Å². The zero-order valence-corrected chi connectivity index (χ0v) is 20.4. The predicted molar refractivity (Wildman–Crippen MR) is 135 cm³/mol. The molecule has 7 nitrogen and oxygen atoms in total. The molecule has 34 heavy (non-hydrogen) atoms. The molecular weight excluding hydrogens is 470 g/mol. The summed E-state index contributed by atoms with van der Waals surface area (Å²) < 4.78 is 28.2. The van der Waals surface area contributed by atoms with Crippen LogP contribution >= 0.6 is 11.6 Å². The van der Waals surface area contributed by atoms with Crippen molar-refractivity contribution in [2.45, 2.75) is 49.1 Å². The number of rotatable bonds is 5. The topological polar surface area (TPSA) is 103 Å². The van der Waals surface area contributed by atoms with Crippen molar-refractivity contribution in [3.63, 3.8) is 0 Å². The molecular formula is C25H26ClN5O2S. The fourth-order valence-electron chi connectivity index (χ4n) is 4.69. The first-order valence-corrected chi connectivity index (χ1v) is 13.1. The van der Waals surface area contributed by atoms with Gasteiger partial charge in [-0.05, 0) is 50.8 Å². The molecule has 1 fully saturated rings. The monoisotopic (exact) mass is 495 g/mol. The van der Waals surface area contributed by atoms with Gasteiger partial charge in [0.2, 0.25) is 5.95 Å². The Morgan fingerprint density at radius 1 is 1.15 bits per heavy atom. The van der Waals surface area contributed by atoms with Crippen LogP contribution in [0.25, 0.3) is 22.2 Å². The third-order valence-corrected chi connectivity index (χ3v) is 8.29. The lowest BCUT2D eigenvalue weighted by Gasteiger charge is -2.35. The maximum absolute atomic E-state index is 13.4. The molecule has 1 saturated carbocycles. The third kappa shape index (κ3) is 4.29. The van der Waals surface area contributed by atoms with Gasteiger partial charge in [0.15, 0.2) is 0 Å². The summed E-state index contributed by atoms with van der Waals surface area (Å²) >= 11 is 6.53. The van der Waals surface area contributed by atoms with Crippen LogP contribution in [0.15, 0.2) is 71.9 Å². The second-order valence-corrected chi connectivity index (χ2v) is 11.4. The van der Waals surface area contributed by atoms with Crippen molar-refractivity contribution >= 4 is 38.5 Å². The van der Waals surface area contributed by atoms with Crippen molar-refractivity contribution in [1.29, 1.82) is 0 Å². The molecule has 0 aliphatic heterocycles. The molecule has 4 aromatic rings. The van der Waals surface area contributed by atoms with E-state index in [2.05, 4.69) is 17.2 Å². The first kappa shape index (κ1) is 22.8. The minimum atomic E-state index is -3.81. The van der Waals surface area contributed by atoms with Crippen LogP contribution in [-0.4, -0.2) is 33.9 Å². The van der Waals surface area contributed by atoms with E-state index in [0.717, 1.165) is 31.1 Å². The highest BCUT2D eigenvalue weighted by Crippen LogP contribution is 2.36. The molecule has 3 N–H and O–H groups in total. The molecule has 0 saturated heterocycles. The van der Waals surface area contributed by atoms with Gasteiger partial charge in [0, 0.05) is 28.7 Å². The van der Waals surface area contributed by atoms with E-state index in [0.29, 0.717) is 27.7 Å². The van der Waals surface area contributed by atoms with Gasteiger partial charge in [-0.25, -0.2) is 22.4 Å². The summed E-state index contributed by atoms with van der Waals surface area (Å²) in [5, 5.41) is 4.48. The van der Waals surface area contributed by atoms with Crippen molar-refractivity contribution in [3.05, 3.63) is 72.0 Å². The minimum absolute atomic E-state index is 0.164. The van der Waals surface area contributed by atoms with E-state index in [1.54, 1.807) is 48.8 Å². The van der Waals surface area contributed by atoms with Gasteiger partial charge in [-0.1, -0.05) is 48.0 Å². The summed E-state index contributed by atoms with van der Waals surface area (Å²) in [5.41, 5.74) is 7.79. The van der Waals surface area contributed by atoms with Crippen LogP contribution in [0.5, 0.6) is 0 Å². The molecule has 1 aliphatic carbocycles. The molecule has 0 spiro atoms. The lowest BCUT2D eigenvalue weighted by atomic mass is 9.81. The summed E-state index contributed by atoms with van der Waals surface area (Å²) in [6.07, 6.45) is 6.98. The van der Waals surface area contributed by atoms with Crippen LogP contribution in [0.1, 0.15) is 32.6 Å². The first-order valence-electron chi connectivity index (χ1n) is 11.2. The highest BCUT2D eigenvalue weighted by Gasteiger charge is 2.29. The number of nitrogens with zero attached hydrogens (tertiary/aromatic N) is 3. The molecule has 9 heteroatoms. The molecule has 176 valence electrons. The van der Waals surface area contributed by atoms with E-state index in [-0.39, 0.29) is 16.5 Å². The highest BCUT2D eigenvalue weighted by molar-refractivity contribution is 7.90. The molecule has 2 atom stereocenters. The maximum Gasteiger partial charge on any atom is 0.268 e. The number of para-hydroxylation sites is 1.